The van der Waals surface area contributed by atoms with Gasteiger partial charge in [-0.3, -0.25) is 4.98 Å². The van der Waals surface area contributed by atoms with Crippen molar-refractivity contribution >= 4 is 34.5 Å². The van der Waals surface area contributed by atoms with Crippen LogP contribution in [0.2, 0.25) is 0 Å². The molecule has 0 bridgehead atoms. The summed E-state index contributed by atoms with van der Waals surface area (Å²) in [5.41, 5.74) is 3.70. The topological polar surface area (TPSA) is 101 Å². The molecule has 2 amide bonds. The number of urea groups is 1. The predicted molar refractivity (Wildman–Crippen MR) is 134 cm³/mol. The third-order valence-electron chi connectivity index (χ3n) is 4.99. The lowest BCUT2D eigenvalue weighted by molar-refractivity contribution is 0.242. The lowest BCUT2D eigenvalue weighted by Crippen LogP contribution is -2.35. The lowest BCUT2D eigenvalue weighted by Gasteiger charge is -2.12. The van der Waals surface area contributed by atoms with E-state index < -0.39 is 0 Å². The molecule has 0 spiro atoms. The Labute approximate surface area is 198 Å². The van der Waals surface area contributed by atoms with E-state index in [1.54, 1.807) is 18.7 Å². The number of nitrogens with zero attached hydrogens (tertiary/aromatic N) is 3. The van der Waals surface area contributed by atoms with Crippen molar-refractivity contribution in [2.75, 3.05) is 18.4 Å². The number of nitrogens with one attached hydrogen (secondary N) is 3. The van der Waals surface area contributed by atoms with Crippen LogP contribution in [0.15, 0.2) is 73.3 Å². The van der Waals surface area contributed by atoms with Gasteiger partial charge in [-0.15, -0.1) is 0 Å². The van der Waals surface area contributed by atoms with Crippen LogP contribution in [0.1, 0.15) is 18.1 Å². The second kappa shape index (κ2) is 10.9. The maximum Gasteiger partial charge on any atom is 0.315 e. The van der Waals surface area contributed by atoms with Crippen LogP contribution >= 0.6 is 0 Å². The molecule has 8 heteroatoms. The number of amides is 2. The van der Waals surface area contributed by atoms with E-state index in [9.17, 15) is 4.79 Å². The van der Waals surface area contributed by atoms with Crippen LogP contribution in [0.5, 0.6) is 11.5 Å². The molecule has 0 atom stereocenters. The van der Waals surface area contributed by atoms with E-state index >= 15 is 0 Å². The summed E-state index contributed by atoms with van der Waals surface area (Å²) in [5.74, 6) is 2.16. The third kappa shape index (κ3) is 5.86. The summed E-state index contributed by atoms with van der Waals surface area (Å²) in [4.78, 5) is 24.4. The van der Waals surface area contributed by atoms with Gasteiger partial charge in [-0.1, -0.05) is 18.2 Å². The summed E-state index contributed by atoms with van der Waals surface area (Å²) in [6.45, 7) is 4.90. The van der Waals surface area contributed by atoms with Crippen molar-refractivity contribution in [1.82, 2.24) is 25.6 Å². The fraction of sp³-hybridized carbons (Fsp3) is 0.154. The molecule has 34 heavy (non-hydrogen) atoms. The molecular formula is C26H26N6O2. The van der Waals surface area contributed by atoms with Gasteiger partial charge in [0.1, 0.15) is 23.6 Å². The Morgan fingerprint density at radius 3 is 2.79 bits per heavy atom. The lowest BCUT2D eigenvalue weighted by atomic mass is 10.1. The van der Waals surface area contributed by atoms with Gasteiger partial charge in [0.15, 0.2) is 0 Å². The highest BCUT2D eigenvalue weighted by Crippen LogP contribution is 2.29. The van der Waals surface area contributed by atoms with E-state index in [1.165, 1.54) is 0 Å². The molecule has 172 valence electrons. The second-order valence-corrected chi connectivity index (χ2v) is 7.54. The molecule has 2 aromatic carbocycles. The number of pyridine rings is 1. The van der Waals surface area contributed by atoms with E-state index in [0.717, 1.165) is 33.5 Å². The van der Waals surface area contributed by atoms with Gasteiger partial charge in [0.05, 0.1) is 11.7 Å². The summed E-state index contributed by atoms with van der Waals surface area (Å²) in [6.07, 6.45) is 8.79. The van der Waals surface area contributed by atoms with Crippen molar-refractivity contribution in [2.45, 2.75) is 13.8 Å². The summed E-state index contributed by atoms with van der Waals surface area (Å²) in [7, 11) is 0. The number of ether oxygens (including phenoxy) is 1. The first-order valence-corrected chi connectivity index (χ1v) is 11.0. The molecule has 2 aromatic heterocycles. The number of hydrogen-bond acceptors (Lipinski definition) is 6. The van der Waals surface area contributed by atoms with E-state index in [2.05, 4.69) is 30.9 Å². The van der Waals surface area contributed by atoms with E-state index in [4.69, 9.17) is 4.74 Å². The third-order valence-corrected chi connectivity index (χ3v) is 4.99. The smallest absolute Gasteiger partial charge is 0.315 e. The van der Waals surface area contributed by atoms with Crippen molar-refractivity contribution in [3.05, 3.63) is 84.5 Å². The van der Waals surface area contributed by atoms with Gasteiger partial charge < -0.3 is 20.7 Å². The number of carbonyl (C=O) groups excluding carboxylic acids is 1. The minimum absolute atomic E-state index is 0.183. The number of carbonyl (C=O) groups is 1. The Hall–Kier alpha value is -4.46. The molecule has 0 aliphatic heterocycles. The molecule has 3 N–H and O–H groups in total. The van der Waals surface area contributed by atoms with Crippen LogP contribution in [-0.2, 0) is 0 Å². The number of fused-ring (bicyclic) bond motifs is 1. The largest absolute Gasteiger partial charge is 0.455 e. The van der Waals surface area contributed by atoms with E-state index in [1.807, 2.05) is 74.5 Å². The number of benzene rings is 2. The maximum atomic E-state index is 11.5. The molecule has 0 saturated heterocycles. The highest BCUT2D eigenvalue weighted by Gasteiger charge is 2.08. The summed E-state index contributed by atoms with van der Waals surface area (Å²) in [5, 5.41) is 9.76. The van der Waals surface area contributed by atoms with Crippen LogP contribution in [0, 0.1) is 6.92 Å². The fourth-order valence-electron chi connectivity index (χ4n) is 3.36. The molecule has 0 fully saturated rings. The van der Waals surface area contributed by atoms with Gasteiger partial charge in [0.2, 0.25) is 0 Å². The van der Waals surface area contributed by atoms with Gasteiger partial charge in [-0.25, -0.2) is 14.8 Å². The zero-order valence-electron chi connectivity index (χ0n) is 19.1. The summed E-state index contributed by atoms with van der Waals surface area (Å²) < 4.78 is 5.92. The number of anilines is 2. The molecule has 0 aliphatic carbocycles. The first kappa shape index (κ1) is 22.7. The molecule has 8 nitrogen and oxygen atoms in total. The standard InChI is InChI=1S/C26H26N6O2/c1-3-28-26(33)29-13-4-6-19-8-10-23-22(15-19)25(31-17-30-23)32-20-9-11-24(18(2)14-20)34-21-7-5-12-27-16-21/h4-12,14-17H,3,13H2,1-2H3,(H2,28,29,33)(H,30,31,32). The van der Waals surface area contributed by atoms with Gasteiger partial charge >= 0.3 is 6.03 Å². The molecule has 0 saturated carbocycles. The van der Waals surface area contributed by atoms with E-state index in [0.29, 0.717) is 24.7 Å². The zero-order valence-corrected chi connectivity index (χ0v) is 19.1. The number of aromatic nitrogens is 3. The average molecular weight is 455 g/mol. The highest BCUT2D eigenvalue weighted by atomic mass is 16.5. The Bertz CT molecular complexity index is 1310. The van der Waals surface area contributed by atoms with Crippen LogP contribution in [0.4, 0.5) is 16.3 Å². The van der Waals surface area contributed by atoms with Crippen LogP contribution in [0.25, 0.3) is 17.0 Å². The molecule has 2 heterocycles. The monoisotopic (exact) mass is 454 g/mol. The fourth-order valence-corrected chi connectivity index (χ4v) is 3.36. The maximum absolute atomic E-state index is 11.5. The summed E-state index contributed by atoms with van der Waals surface area (Å²) >= 11 is 0. The summed E-state index contributed by atoms with van der Waals surface area (Å²) in [6, 6.07) is 15.4. The van der Waals surface area contributed by atoms with Gasteiger partial charge in [-0.05, 0) is 67.4 Å². The highest BCUT2D eigenvalue weighted by molar-refractivity contribution is 5.92. The van der Waals surface area contributed by atoms with Gasteiger partial charge in [0.25, 0.3) is 0 Å². The minimum atomic E-state index is -0.183. The molecule has 4 rings (SSSR count). The normalized spacial score (nSPS) is 10.9. The molecule has 4 aromatic rings. The van der Waals surface area contributed by atoms with Gasteiger partial charge in [-0.2, -0.15) is 0 Å². The Morgan fingerprint density at radius 1 is 1.09 bits per heavy atom. The molecule has 0 aliphatic rings. The SMILES string of the molecule is CCNC(=O)NCC=Cc1ccc2ncnc(Nc3ccc(Oc4cccnc4)c(C)c3)c2c1. The first-order chi connectivity index (χ1) is 16.6. The van der Waals surface area contributed by atoms with Crippen molar-refractivity contribution in [3.63, 3.8) is 0 Å². The predicted octanol–water partition coefficient (Wildman–Crippen LogP) is 5.20. The van der Waals surface area contributed by atoms with Crippen LogP contribution in [-0.4, -0.2) is 34.1 Å². The second-order valence-electron chi connectivity index (χ2n) is 7.54. The molecule has 0 radical (unpaired) electrons. The molecule has 0 unspecified atom stereocenters. The number of hydrogen-bond donors (Lipinski definition) is 3. The Kier molecular flexibility index (Phi) is 7.29. The van der Waals surface area contributed by atoms with Crippen molar-refractivity contribution in [1.29, 1.82) is 0 Å². The number of rotatable bonds is 8. The Balaban J connectivity index is 1.50. The average Bonchev–Trinajstić information content (AvgIpc) is 2.85. The van der Waals surface area contributed by atoms with Crippen LogP contribution in [0.3, 0.4) is 0 Å². The van der Waals surface area contributed by atoms with Crippen molar-refractivity contribution in [2.24, 2.45) is 0 Å². The molecular weight excluding hydrogens is 428 g/mol. The van der Waals surface area contributed by atoms with Crippen LogP contribution < -0.4 is 20.7 Å². The first-order valence-electron chi connectivity index (χ1n) is 11.0. The van der Waals surface area contributed by atoms with Crippen molar-refractivity contribution < 1.29 is 9.53 Å². The zero-order chi connectivity index (χ0) is 23.8. The minimum Gasteiger partial charge on any atom is -0.455 e. The Morgan fingerprint density at radius 2 is 2.00 bits per heavy atom. The number of aryl methyl sites for hydroxylation is 1. The quantitative estimate of drug-likeness (QED) is 0.338. The van der Waals surface area contributed by atoms with E-state index in [-0.39, 0.29) is 6.03 Å². The van der Waals surface area contributed by atoms with Gasteiger partial charge in [0, 0.05) is 30.4 Å². The van der Waals surface area contributed by atoms with Crippen molar-refractivity contribution in [3.8, 4) is 11.5 Å².